The monoisotopic (exact) mass is 371 g/mol. The van der Waals surface area contributed by atoms with E-state index in [-0.39, 0.29) is 24.0 Å². The summed E-state index contributed by atoms with van der Waals surface area (Å²) in [6, 6.07) is 0. The molecule has 0 aromatic heterocycles. The average Bonchev–Trinajstić information content (AvgIpc) is 2.29. The molecule has 0 saturated carbocycles. The van der Waals surface area contributed by atoms with E-state index in [2.05, 4.69) is 43.3 Å². The van der Waals surface area contributed by atoms with Crippen molar-refractivity contribution in [1.29, 1.82) is 0 Å². The first-order chi connectivity index (χ1) is 8.20. The average molecular weight is 371 g/mol. The van der Waals surface area contributed by atoms with Crippen molar-refractivity contribution in [3.8, 4) is 0 Å². The van der Waals surface area contributed by atoms with Crippen LogP contribution in [0.25, 0.3) is 0 Å². The van der Waals surface area contributed by atoms with E-state index in [0.29, 0.717) is 5.92 Å². The van der Waals surface area contributed by atoms with E-state index in [1.807, 2.05) is 0 Å². The molecular formula is C13H30IN3O. The van der Waals surface area contributed by atoms with Gasteiger partial charge in [-0.15, -0.1) is 24.0 Å². The number of nitrogens with one attached hydrogen (secondary N) is 2. The molecule has 0 aromatic carbocycles. The maximum absolute atomic E-state index is 5.52. The number of aliphatic imine (C=N–C) groups is 1. The highest BCUT2D eigenvalue weighted by Gasteiger charge is 1.96. The van der Waals surface area contributed by atoms with E-state index < -0.39 is 0 Å². The van der Waals surface area contributed by atoms with Crippen LogP contribution in [-0.4, -0.2) is 38.8 Å². The molecule has 0 aliphatic heterocycles. The summed E-state index contributed by atoms with van der Waals surface area (Å²) in [5.74, 6) is 1.53. The maximum Gasteiger partial charge on any atom is 0.191 e. The summed E-state index contributed by atoms with van der Waals surface area (Å²) in [6.45, 7) is 12.9. The second kappa shape index (κ2) is 15.0. The molecule has 0 aliphatic carbocycles. The lowest BCUT2D eigenvalue weighted by Crippen LogP contribution is -2.38. The zero-order chi connectivity index (χ0) is 12.9. The zero-order valence-corrected chi connectivity index (χ0v) is 14.6. The molecule has 0 saturated heterocycles. The lowest BCUT2D eigenvalue weighted by atomic mass is 10.2. The number of ether oxygens (including phenoxy) is 1. The summed E-state index contributed by atoms with van der Waals surface area (Å²) in [5.41, 5.74) is 0. The predicted octanol–water partition coefficient (Wildman–Crippen LogP) is 2.63. The Bertz CT molecular complexity index is 199. The van der Waals surface area contributed by atoms with Gasteiger partial charge in [-0.25, -0.2) is 0 Å². The molecular weight excluding hydrogens is 341 g/mol. The molecule has 0 unspecified atom stereocenters. The number of hydrogen-bond donors (Lipinski definition) is 2. The van der Waals surface area contributed by atoms with Crippen LogP contribution >= 0.6 is 24.0 Å². The zero-order valence-electron chi connectivity index (χ0n) is 12.3. The third-order valence-electron chi connectivity index (χ3n) is 2.05. The first-order valence-corrected chi connectivity index (χ1v) is 6.80. The van der Waals surface area contributed by atoms with Crippen LogP contribution in [0.3, 0.4) is 0 Å². The van der Waals surface area contributed by atoms with Gasteiger partial charge in [0, 0.05) is 32.8 Å². The molecule has 0 aliphatic rings. The molecule has 0 bridgehead atoms. The molecule has 0 fully saturated rings. The first-order valence-electron chi connectivity index (χ1n) is 6.80. The fourth-order valence-electron chi connectivity index (χ4n) is 1.27. The minimum atomic E-state index is 0. The summed E-state index contributed by atoms with van der Waals surface area (Å²) in [7, 11) is 0. The van der Waals surface area contributed by atoms with Gasteiger partial charge in [-0.3, -0.25) is 4.99 Å². The van der Waals surface area contributed by atoms with Gasteiger partial charge >= 0.3 is 0 Å². The SMILES string of the molecule is CCCN=C(NCC)NCCCOCC(C)C.I. The largest absolute Gasteiger partial charge is 0.381 e. The Hall–Kier alpha value is -0.0400. The third-order valence-corrected chi connectivity index (χ3v) is 2.05. The molecule has 2 N–H and O–H groups in total. The van der Waals surface area contributed by atoms with Gasteiger partial charge in [0.05, 0.1) is 0 Å². The molecule has 0 atom stereocenters. The van der Waals surface area contributed by atoms with Gasteiger partial charge in [-0.05, 0) is 25.7 Å². The molecule has 0 amide bonds. The highest BCUT2D eigenvalue weighted by atomic mass is 127. The number of rotatable bonds is 9. The van der Waals surface area contributed by atoms with Gasteiger partial charge in [0.2, 0.25) is 0 Å². The van der Waals surface area contributed by atoms with Gasteiger partial charge in [0.15, 0.2) is 5.96 Å². The van der Waals surface area contributed by atoms with E-state index in [0.717, 1.165) is 51.6 Å². The Morgan fingerprint density at radius 1 is 1.22 bits per heavy atom. The van der Waals surface area contributed by atoms with Crippen molar-refractivity contribution < 1.29 is 4.74 Å². The van der Waals surface area contributed by atoms with Crippen LogP contribution in [0, 0.1) is 5.92 Å². The van der Waals surface area contributed by atoms with Crippen LogP contribution in [0.4, 0.5) is 0 Å². The Balaban J connectivity index is 0. The topological polar surface area (TPSA) is 45.7 Å². The molecule has 0 spiro atoms. The summed E-state index contributed by atoms with van der Waals surface area (Å²) in [6.07, 6.45) is 2.09. The van der Waals surface area contributed by atoms with Crippen molar-refractivity contribution in [2.24, 2.45) is 10.9 Å². The molecule has 0 rings (SSSR count). The summed E-state index contributed by atoms with van der Waals surface area (Å²) in [4.78, 5) is 4.43. The highest BCUT2D eigenvalue weighted by molar-refractivity contribution is 14.0. The number of guanidine groups is 1. The van der Waals surface area contributed by atoms with E-state index in [4.69, 9.17) is 4.74 Å². The number of nitrogens with zero attached hydrogens (tertiary/aromatic N) is 1. The van der Waals surface area contributed by atoms with Crippen LogP contribution in [-0.2, 0) is 4.74 Å². The lowest BCUT2D eigenvalue weighted by molar-refractivity contribution is 0.108. The van der Waals surface area contributed by atoms with Crippen molar-refractivity contribution in [1.82, 2.24) is 10.6 Å². The lowest BCUT2D eigenvalue weighted by Gasteiger charge is -2.11. The molecule has 0 radical (unpaired) electrons. The van der Waals surface area contributed by atoms with Gasteiger partial charge < -0.3 is 15.4 Å². The van der Waals surface area contributed by atoms with Gasteiger partial charge in [-0.1, -0.05) is 20.8 Å². The Kier molecular flexibility index (Phi) is 16.9. The fraction of sp³-hybridized carbons (Fsp3) is 0.923. The predicted molar refractivity (Wildman–Crippen MR) is 90.0 cm³/mol. The summed E-state index contributed by atoms with van der Waals surface area (Å²) in [5, 5.41) is 6.53. The Labute approximate surface area is 129 Å². The van der Waals surface area contributed by atoms with Crippen molar-refractivity contribution in [3.05, 3.63) is 0 Å². The minimum absolute atomic E-state index is 0. The van der Waals surface area contributed by atoms with Gasteiger partial charge in [-0.2, -0.15) is 0 Å². The number of hydrogen-bond acceptors (Lipinski definition) is 2. The van der Waals surface area contributed by atoms with Crippen LogP contribution in [0.5, 0.6) is 0 Å². The van der Waals surface area contributed by atoms with Crippen LogP contribution in [0.15, 0.2) is 4.99 Å². The molecule has 110 valence electrons. The van der Waals surface area contributed by atoms with Crippen LogP contribution in [0.2, 0.25) is 0 Å². The first kappa shape index (κ1) is 20.3. The van der Waals surface area contributed by atoms with Crippen molar-refractivity contribution >= 4 is 29.9 Å². The second-order valence-electron chi connectivity index (χ2n) is 4.51. The standard InChI is InChI=1S/C13H29N3O.HI/c1-5-8-15-13(14-6-2)16-9-7-10-17-11-12(3)4;/h12H,5-11H2,1-4H3,(H2,14,15,16);1H. The smallest absolute Gasteiger partial charge is 0.191 e. The molecule has 0 aromatic rings. The van der Waals surface area contributed by atoms with E-state index in [1.54, 1.807) is 0 Å². The minimum Gasteiger partial charge on any atom is -0.381 e. The summed E-state index contributed by atoms with van der Waals surface area (Å²) < 4.78 is 5.52. The highest BCUT2D eigenvalue weighted by Crippen LogP contribution is 1.92. The van der Waals surface area contributed by atoms with Crippen LogP contribution < -0.4 is 10.6 Å². The van der Waals surface area contributed by atoms with Crippen molar-refractivity contribution in [2.75, 3.05) is 32.8 Å². The van der Waals surface area contributed by atoms with E-state index in [1.165, 1.54) is 0 Å². The third kappa shape index (κ3) is 14.0. The fourth-order valence-corrected chi connectivity index (χ4v) is 1.27. The van der Waals surface area contributed by atoms with Crippen molar-refractivity contribution in [3.63, 3.8) is 0 Å². The van der Waals surface area contributed by atoms with Gasteiger partial charge in [0.25, 0.3) is 0 Å². The maximum atomic E-state index is 5.52. The second-order valence-corrected chi connectivity index (χ2v) is 4.51. The van der Waals surface area contributed by atoms with E-state index >= 15 is 0 Å². The Morgan fingerprint density at radius 3 is 2.50 bits per heavy atom. The molecule has 5 heteroatoms. The number of halogens is 1. The van der Waals surface area contributed by atoms with Crippen molar-refractivity contribution in [2.45, 2.75) is 40.5 Å². The molecule has 18 heavy (non-hydrogen) atoms. The molecule has 4 nitrogen and oxygen atoms in total. The van der Waals surface area contributed by atoms with Crippen LogP contribution in [0.1, 0.15) is 40.5 Å². The normalized spacial score (nSPS) is 11.3. The quantitative estimate of drug-likeness (QED) is 0.284. The molecule has 0 heterocycles. The summed E-state index contributed by atoms with van der Waals surface area (Å²) >= 11 is 0. The van der Waals surface area contributed by atoms with E-state index in [9.17, 15) is 0 Å². The Morgan fingerprint density at radius 2 is 1.94 bits per heavy atom. The van der Waals surface area contributed by atoms with Gasteiger partial charge in [0.1, 0.15) is 0 Å².